The van der Waals surface area contributed by atoms with E-state index in [1.807, 2.05) is 6.07 Å². The highest BCUT2D eigenvalue weighted by Crippen LogP contribution is 2.38. The van der Waals surface area contributed by atoms with Crippen LogP contribution in [0.15, 0.2) is 24.3 Å². The lowest BCUT2D eigenvalue weighted by molar-refractivity contribution is 0.229. The molecule has 1 atom stereocenters. The van der Waals surface area contributed by atoms with E-state index in [0.29, 0.717) is 11.8 Å². The summed E-state index contributed by atoms with van der Waals surface area (Å²) in [4.78, 5) is 0. The molecule has 1 aromatic rings. The van der Waals surface area contributed by atoms with Gasteiger partial charge in [-0.15, -0.1) is 0 Å². The molecule has 0 heterocycles. The van der Waals surface area contributed by atoms with Gasteiger partial charge in [0.15, 0.2) is 0 Å². The molecule has 94 valence electrons. The highest BCUT2D eigenvalue weighted by Gasteiger charge is 2.24. The Morgan fingerprint density at radius 3 is 2.65 bits per heavy atom. The van der Waals surface area contributed by atoms with Gasteiger partial charge in [0.25, 0.3) is 0 Å². The van der Waals surface area contributed by atoms with Gasteiger partial charge in [0.05, 0.1) is 0 Å². The molecule has 1 aliphatic carbocycles. The first-order chi connectivity index (χ1) is 8.31. The molecule has 1 aliphatic rings. The van der Waals surface area contributed by atoms with Gasteiger partial charge < -0.3 is 5.11 Å². The zero-order valence-electron chi connectivity index (χ0n) is 10.2. The molecular formula is C15H21FO. The smallest absolute Gasteiger partial charge is 0.123 e. The third-order valence-corrected chi connectivity index (χ3v) is 3.94. The predicted molar refractivity (Wildman–Crippen MR) is 67.4 cm³/mol. The number of aliphatic hydroxyl groups excluding tert-OH is 1. The number of aliphatic hydroxyl groups is 1. The Hall–Kier alpha value is -0.890. The van der Waals surface area contributed by atoms with Crippen molar-refractivity contribution in [3.05, 3.63) is 35.6 Å². The summed E-state index contributed by atoms with van der Waals surface area (Å²) in [5, 5.41) is 9.20. The van der Waals surface area contributed by atoms with Crippen molar-refractivity contribution >= 4 is 0 Å². The van der Waals surface area contributed by atoms with E-state index >= 15 is 0 Å². The zero-order valence-corrected chi connectivity index (χ0v) is 10.2. The molecule has 2 rings (SSSR count). The van der Waals surface area contributed by atoms with Gasteiger partial charge in [0.1, 0.15) is 5.82 Å². The van der Waals surface area contributed by atoms with Crippen molar-refractivity contribution < 1.29 is 9.50 Å². The van der Waals surface area contributed by atoms with Crippen LogP contribution in [0.3, 0.4) is 0 Å². The second kappa shape index (κ2) is 6.15. The van der Waals surface area contributed by atoms with Gasteiger partial charge in [-0.05, 0) is 48.8 Å². The SMILES string of the molecule is OCCC(c1cccc(F)c1)C1CCCCC1. The first-order valence-electron chi connectivity index (χ1n) is 6.67. The second-order valence-electron chi connectivity index (χ2n) is 5.07. The minimum Gasteiger partial charge on any atom is -0.396 e. The lowest BCUT2D eigenvalue weighted by Crippen LogP contribution is -2.17. The average Bonchev–Trinajstić information content (AvgIpc) is 2.37. The Kier molecular flexibility index (Phi) is 4.55. The van der Waals surface area contributed by atoms with E-state index in [9.17, 15) is 9.50 Å². The molecule has 0 aromatic heterocycles. The fourth-order valence-electron chi connectivity index (χ4n) is 3.09. The molecule has 0 amide bonds. The molecule has 0 radical (unpaired) electrons. The maximum Gasteiger partial charge on any atom is 0.123 e. The van der Waals surface area contributed by atoms with Crippen LogP contribution in [0.25, 0.3) is 0 Å². The van der Waals surface area contributed by atoms with Crippen LogP contribution in [0.5, 0.6) is 0 Å². The summed E-state index contributed by atoms with van der Waals surface area (Å²) in [7, 11) is 0. The van der Waals surface area contributed by atoms with Crippen molar-refractivity contribution in [3.63, 3.8) is 0 Å². The Bertz CT molecular complexity index is 345. The molecule has 1 aromatic carbocycles. The summed E-state index contributed by atoms with van der Waals surface area (Å²) >= 11 is 0. The fraction of sp³-hybridized carbons (Fsp3) is 0.600. The van der Waals surface area contributed by atoms with Gasteiger partial charge >= 0.3 is 0 Å². The molecule has 17 heavy (non-hydrogen) atoms. The number of hydrogen-bond acceptors (Lipinski definition) is 1. The average molecular weight is 236 g/mol. The number of halogens is 1. The molecule has 0 spiro atoms. The van der Waals surface area contributed by atoms with Crippen LogP contribution < -0.4 is 0 Å². The van der Waals surface area contributed by atoms with E-state index in [4.69, 9.17) is 0 Å². The molecule has 1 N–H and O–H groups in total. The summed E-state index contributed by atoms with van der Waals surface area (Å²) in [6, 6.07) is 6.89. The lowest BCUT2D eigenvalue weighted by atomic mass is 9.75. The molecule has 1 unspecified atom stereocenters. The number of benzene rings is 1. The third-order valence-electron chi connectivity index (χ3n) is 3.94. The van der Waals surface area contributed by atoms with E-state index in [0.717, 1.165) is 12.0 Å². The van der Waals surface area contributed by atoms with Crippen LogP contribution in [0, 0.1) is 11.7 Å². The van der Waals surface area contributed by atoms with Gasteiger partial charge in [-0.3, -0.25) is 0 Å². The van der Waals surface area contributed by atoms with Crippen molar-refractivity contribution in [2.45, 2.75) is 44.4 Å². The van der Waals surface area contributed by atoms with Gasteiger partial charge in [-0.1, -0.05) is 31.4 Å². The van der Waals surface area contributed by atoms with Gasteiger partial charge in [0.2, 0.25) is 0 Å². The zero-order chi connectivity index (χ0) is 12.1. The van der Waals surface area contributed by atoms with E-state index in [1.165, 1.54) is 38.2 Å². The van der Waals surface area contributed by atoms with Gasteiger partial charge in [-0.2, -0.15) is 0 Å². The fourth-order valence-corrected chi connectivity index (χ4v) is 3.09. The monoisotopic (exact) mass is 236 g/mol. The van der Waals surface area contributed by atoms with Crippen LogP contribution in [0.1, 0.15) is 50.0 Å². The Morgan fingerprint density at radius 1 is 1.24 bits per heavy atom. The van der Waals surface area contributed by atoms with E-state index in [2.05, 4.69) is 0 Å². The molecule has 0 saturated heterocycles. The Labute approximate surface area is 103 Å². The topological polar surface area (TPSA) is 20.2 Å². The Morgan fingerprint density at radius 2 is 2.00 bits per heavy atom. The number of hydrogen-bond donors (Lipinski definition) is 1. The van der Waals surface area contributed by atoms with Crippen molar-refractivity contribution in [2.24, 2.45) is 5.92 Å². The summed E-state index contributed by atoms with van der Waals surface area (Å²) < 4.78 is 13.3. The second-order valence-corrected chi connectivity index (χ2v) is 5.07. The van der Waals surface area contributed by atoms with Crippen molar-refractivity contribution in [1.82, 2.24) is 0 Å². The summed E-state index contributed by atoms with van der Waals surface area (Å²) in [6.45, 7) is 0.192. The molecule has 1 nitrogen and oxygen atoms in total. The normalized spacial score (nSPS) is 19.2. The summed E-state index contributed by atoms with van der Waals surface area (Å²) in [5.41, 5.74) is 1.06. The van der Waals surface area contributed by atoms with Crippen molar-refractivity contribution in [2.75, 3.05) is 6.61 Å². The largest absolute Gasteiger partial charge is 0.396 e. The standard InChI is InChI=1S/C15H21FO/c16-14-8-4-7-13(11-14)15(9-10-17)12-5-2-1-3-6-12/h4,7-8,11-12,15,17H,1-3,5-6,9-10H2. The molecule has 2 heteroatoms. The summed E-state index contributed by atoms with van der Waals surface area (Å²) in [5.74, 6) is 0.787. The minimum atomic E-state index is -0.166. The molecule has 1 saturated carbocycles. The maximum absolute atomic E-state index is 13.3. The molecular weight excluding hydrogens is 215 g/mol. The maximum atomic E-state index is 13.3. The van der Waals surface area contributed by atoms with Gasteiger partial charge in [0, 0.05) is 6.61 Å². The summed E-state index contributed by atoms with van der Waals surface area (Å²) in [6.07, 6.45) is 7.09. The molecule has 0 bridgehead atoms. The van der Waals surface area contributed by atoms with E-state index < -0.39 is 0 Å². The van der Waals surface area contributed by atoms with Gasteiger partial charge in [-0.25, -0.2) is 4.39 Å². The van der Waals surface area contributed by atoms with Crippen molar-refractivity contribution in [3.8, 4) is 0 Å². The van der Waals surface area contributed by atoms with E-state index in [1.54, 1.807) is 12.1 Å². The predicted octanol–water partition coefficient (Wildman–Crippen LogP) is 3.87. The van der Waals surface area contributed by atoms with Crippen LogP contribution >= 0.6 is 0 Å². The van der Waals surface area contributed by atoms with Crippen LogP contribution in [0.4, 0.5) is 4.39 Å². The first-order valence-corrected chi connectivity index (χ1v) is 6.67. The lowest BCUT2D eigenvalue weighted by Gasteiger charge is -2.30. The molecule has 1 fully saturated rings. The van der Waals surface area contributed by atoms with Crippen LogP contribution in [-0.2, 0) is 0 Å². The Balaban J connectivity index is 2.15. The highest BCUT2D eigenvalue weighted by molar-refractivity contribution is 5.21. The van der Waals surface area contributed by atoms with E-state index in [-0.39, 0.29) is 12.4 Å². The number of rotatable bonds is 4. The highest BCUT2D eigenvalue weighted by atomic mass is 19.1. The third kappa shape index (κ3) is 3.29. The quantitative estimate of drug-likeness (QED) is 0.841. The molecule has 0 aliphatic heterocycles. The van der Waals surface area contributed by atoms with Crippen LogP contribution in [-0.4, -0.2) is 11.7 Å². The first kappa shape index (κ1) is 12.6. The van der Waals surface area contributed by atoms with Crippen molar-refractivity contribution in [1.29, 1.82) is 0 Å². The minimum absolute atomic E-state index is 0.166. The van der Waals surface area contributed by atoms with Crippen LogP contribution in [0.2, 0.25) is 0 Å².